The zero-order chi connectivity index (χ0) is 23.8. The summed E-state index contributed by atoms with van der Waals surface area (Å²) in [5.74, 6) is -2.03. The first-order chi connectivity index (χ1) is 16.0. The number of hydrogen-bond acceptors (Lipinski definition) is 6. The molecule has 7 heteroatoms. The molecule has 3 rings (SSSR count). The number of aryl methyl sites for hydroxylation is 1. The molecule has 0 unspecified atom stereocenters. The fraction of sp³-hybridized carbons (Fsp3) is 0.269. The number of esters is 2. The maximum atomic E-state index is 13.1. The van der Waals surface area contributed by atoms with Gasteiger partial charge < -0.3 is 13.9 Å². The van der Waals surface area contributed by atoms with Crippen molar-refractivity contribution in [1.82, 2.24) is 0 Å². The number of amides is 1. The third-order valence-corrected chi connectivity index (χ3v) is 5.09. The molecule has 0 saturated carbocycles. The SMILES string of the molecule is CCOC(=O)c1c(C)oc(NC(=O)CC(c2ccccc2)c2ccccc2)c1C(=O)OCC. The second-order valence-corrected chi connectivity index (χ2v) is 7.30. The highest BCUT2D eigenvalue weighted by Crippen LogP contribution is 2.31. The molecule has 1 amide bonds. The summed E-state index contributed by atoms with van der Waals surface area (Å²) in [6.45, 7) is 5.07. The van der Waals surface area contributed by atoms with E-state index in [2.05, 4.69) is 5.32 Å². The Morgan fingerprint density at radius 3 is 1.79 bits per heavy atom. The monoisotopic (exact) mass is 449 g/mol. The number of rotatable bonds is 9. The third-order valence-electron chi connectivity index (χ3n) is 5.09. The van der Waals surface area contributed by atoms with E-state index >= 15 is 0 Å². The minimum atomic E-state index is -0.768. The van der Waals surface area contributed by atoms with E-state index in [4.69, 9.17) is 13.9 Å². The van der Waals surface area contributed by atoms with Crippen molar-refractivity contribution < 1.29 is 28.3 Å². The Morgan fingerprint density at radius 2 is 1.30 bits per heavy atom. The van der Waals surface area contributed by atoms with Crippen molar-refractivity contribution in [3.8, 4) is 0 Å². The second-order valence-electron chi connectivity index (χ2n) is 7.30. The van der Waals surface area contributed by atoms with Gasteiger partial charge in [-0.05, 0) is 31.9 Å². The Morgan fingerprint density at radius 1 is 0.818 bits per heavy atom. The molecule has 0 radical (unpaired) electrons. The van der Waals surface area contributed by atoms with E-state index in [9.17, 15) is 14.4 Å². The van der Waals surface area contributed by atoms with Crippen LogP contribution < -0.4 is 5.32 Å². The Balaban J connectivity index is 1.92. The molecule has 0 aliphatic carbocycles. The fourth-order valence-electron chi connectivity index (χ4n) is 3.64. The summed E-state index contributed by atoms with van der Waals surface area (Å²) in [5.41, 5.74) is 1.77. The van der Waals surface area contributed by atoms with Crippen LogP contribution in [0.1, 0.15) is 63.8 Å². The van der Waals surface area contributed by atoms with E-state index in [-0.39, 0.29) is 54.2 Å². The first-order valence-electron chi connectivity index (χ1n) is 10.8. The van der Waals surface area contributed by atoms with Crippen LogP contribution in [0.25, 0.3) is 0 Å². The molecule has 0 atom stereocenters. The van der Waals surface area contributed by atoms with E-state index in [1.54, 1.807) is 13.8 Å². The largest absolute Gasteiger partial charge is 0.462 e. The highest BCUT2D eigenvalue weighted by Gasteiger charge is 2.31. The highest BCUT2D eigenvalue weighted by atomic mass is 16.5. The smallest absolute Gasteiger partial charge is 0.344 e. The van der Waals surface area contributed by atoms with Gasteiger partial charge in [-0.15, -0.1) is 0 Å². The molecule has 0 aliphatic rings. The zero-order valence-corrected chi connectivity index (χ0v) is 18.9. The van der Waals surface area contributed by atoms with Gasteiger partial charge in [0.05, 0.1) is 13.2 Å². The van der Waals surface area contributed by atoms with Gasteiger partial charge >= 0.3 is 11.9 Å². The maximum absolute atomic E-state index is 13.1. The van der Waals surface area contributed by atoms with Crippen LogP contribution in [-0.4, -0.2) is 31.1 Å². The summed E-state index contributed by atoms with van der Waals surface area (Å²) in [6.07, 6.45) is 0.102. The summed E-state index contributed by atoms with van der Waals surface area (Å²) >= 11 is 0. The Bertz CT molecular complexity index is 1070. The lowest BCUT2D eigenvalue weighted by molar-refractivity contribution is -0.116. The normalized spacial score (nSPS) is 10.7. The van der Waals surface area contributed by atoms with Gasteiger partial charge in [0.1, 0.15) is 16.9 Å². The third kappa shape index (κ3) is 5.68. The number of benzene rings is 2. The highest BCUT2D eigenvalue weighted by molar-refractivity contribution is 6.09. The molecule has 1 heterocycles. The number of furan rings is 1. The second kappa shape index (κ2) is 11.1. The molecule has 33 heavy (non-hydrogen) atoms. The lowest BCUT2D eigenvalue weighted by Gasteiger charge is -2.17. The van der Waals surface area contributed by atoms with Crippen molar-refractivity contribution in [2.24, 2.45) is 0 Å². The van der Waals surface area contributed by atoms with E-state index < -0.39 is 11.9 Å². The lowest BCUT2D eigenvalue weighted by Crippen LogP contribution is -2.19. The predicted molar refractivity (Wildman–Crippen MR) is 123 cm³/mol. The molecule has 0 fully saturated rings. The van der Waals surface area contributed by atoms with E-state index in [1.807, 2.05) is 60.7 Å². The summed E-state index contributed by atoms with van der Waals surface area (Å²) in [5, 5.41) is 2.66. The van der Waals surface area contributed by atoms with Crippen LogP contribution in [0.5, 0.6) is 0 Å². The Labute approximate surface area is 192 Å². The van der Waals surface area contributed by atoms with Crippen LogP contribution in [0.2, 0.25) is 0 Å². The van der Waals surface area contributed by atoms with Crippen molar-refractivity contribution in [2.45, 2.75) is 33.1 Å². The van der Waals surface area contributed by atoms with Gasteiger partial charge in [-0.25, -0.2) is 9.59 Å². The van der Waals surface area contributed by atoms with Gasteiger partial charge in [-0.3, -0.25) is 10.1 Å². The van der Waals surface area contributed by atoms with Gasteiger partial charge in [0.25, 0.3) is 0 Å². The van der Waals surface area contributed by atoms with Gasteiger partial charge in [0, 0.05) is 12.3 Å². The van der Waals surface area contributed by atoms with Crippen molar-refractivity contribution in [3.63, 3.8) is 0 Å². The summed E-state index contributed by atoms with van der Waals surface area (Å²) in [7, 11) is 0. The average molecular weight is 450 g/mol. The van der Waals surface area contributed by atoms with Gasteiger partial charge in [0.2, 0.25) is 11.8 Å². The number of ether oxygens (including phenoxy) is 2. The molecule has 0 spiro atoms. The fourth-order valence-corrected chi connectivity index (χ4v) is 3.64. The maximum Gasteiger partial charge on any atom is 0.344 e. The summed E-state index contributed by atoms with van der Waals surface area (Å²) in [6, 6.07) is 19.4. The first-order valence-corrected chi connectivity index (χ1v) is 10.8. The van der Waals surface area contributed by atoms with Crippen LogP contribution in [-0.2, 0) is 14.3 Å². The first kappa shape index (κ1) is 23.8. The van der Waals surface area contributed by atoms with Crippen LogP contribution in [0.3, 0.4) is 0 Å². The molecule has 2 aromatic carbocycles. The standard InChI is InChI=1S/C26H27NO6/c1-4-31-25(29)22-17(3)33-24(23(22)26(30)32-5-2)27-21(28)16-20(18-12-8-6-9-13-18)19-14-10-7-11-15-19/h6-15,20H,4-5,16H2,1-3H3,(H,27,28). The van der Waals surface area contributed by atoms with E-state index in [1.165, 1.54) is 6.92 Å². The summed E-state index contributed by atoms with van der Waals surface area (Å²) in [4.78, 5) is 38.1. The van der Waals surface area contributed by atoms with Crippen molar-refractivity contribution in [1.29, 1.82) is 0 Å². The number of carbonyl (C=O) groups is 3. The molecule has 0 aliphatic heterocycles. The molecule has 1 aromatic heterocycles. The Hall–Kier alpha value is -3.87. The predicted octanol–water partition coefficient (Wildman–Crippen LogP) is 5.10. The van der Waals surface area contributed by atoms with Crippen molar-refractivity contribution in [3.05, 3.63) is 88.7 Å². The summed E-state index contributed by atoms with van der Waals surface area (Å²) < 4.78 is 15.8. The van der Waals surface area contributed by atoms with E-state index in [0.717, 1.165) is 11.1 Å². The number of carbonyl (C=O) groups excluding carboxylic acids is 3. The molecular formula is C26H27NO6. The van der Waals surface area contributed by atoms with Crippen molar-refractivity contribution >= 4 is 23.7 Å². The van der Waals surface area contributed by atoms with Gasteiger partial charge in [-0.1, -0.05) is 60.7 Å². The average Bonchev–Trinajstić information content (AvgIpc) is 3.14. The molecule has 172 valence electrons. The van der Waals surface area contributed by atoms with E-state index in [0.29, 0.717) is 0 Å². The van der Waals surface area contributed by atoms with Crippen LogP contribution >= 0.6 is 0 Å². The van der Waals surface area contributed by atoms with Gasteiger partial charge in [-0.2, -0.15) is 0 Å². The Kier molecular flexibility index (Phi) is 8.02. The molecule has 7 nitrogen and oxygen atoms in total. The molecule has 0 saturated heterocycles. The van der Waals surface area contributed by atoms with Gasteiger partial charge in [0.15, 0.2) is 0 Å². The lowest BCUT2D eigenvalue weighted by atomic mass is 9.88. The minimum absolute atomic E-state index is 0.0479. The number of hydrogen-bond donors (Lipinski definition) is 1. The molecular weight excluding hydrogens is 422 g/mol. The van der Waals surface area contributed by atoms with Crippen molar-refractivity contribution in [2.75, 3.05) is 18.5 Å². The van der Waals surface area contributed by atoms with Crippen LogP contribution in [0.4, 0.5) is 5.88 Å². The molecule has 3 aromatic rings. The molecule has 0 bridgehead atoms. The molecule has 1 N–H and O–H groups in total. The number of nitrogens with one attached hydrogen (secondary N) is 1. The van der Waals surface area contributed by atoms with Crippen LogP contribution in [0.15, 0.2) is 65.1 Å². The zero-order valence-electron chi connectivity index (χ0n) is 18.9. The van der Waals surface area contributed by atoms with Crippen LogP contribution in [0, 0.1) is 6.92 Å². The minimum Gasteiger partial charge on any atom is -0.462 e. The number of anilines is 1. The topological polar surface area (TPSA) is 94.8 Å². The quantitative estimate of drug-likeness (QED) is 0.457.